The molecule has 158 valence electrons. The number of hydrogen-bond donors (Lipinski definition) is 0. The van der Waals surface area contributed by atoms with Crippen molar-refractivity contribution in [3.8, 4) is 11.5 Å². The Morgan fingerprint density at radius 3 is 2.47 bits per heavy atom. The lowest BCUT2D eigenvalue weighted by Crippen LogP contribution is -2.44. The molecule has 2 aliphatic heterocycles. The maximum atomic E-state index is 13.6. The minimum absolute atomic E-state index is 0.0681. The van der Waals surface area contributed by atoms with E-state index in [0.29, 0.717) is 38.6 Å². The van der Waals surface area contributed by atoms with Gasteiger partial charge in [0.05, 0.1) is 6.54 Å². The molecule has 2 aromatic rings. The first-order valence-electron chi connectivity index (χ1n) is 10.7. The highest BCUT2D eigenvalue weighted by Gasteiger charge is 2.37. The molecule has 2 amide bonds. The van der Waals surface area contributed by atoms with Crippen LogP contribution in [0.5, 0.6) is 11.5 Å². The van der Waals surface area contributed by atoms with Gasteiger partial charge in [-0.25, -0.2) is 0 Å². The van der Waals surface area contributed by atoms with Crippen molar-refractivity contribution in [3.63, 3.8) is 0 Å². The number of anilines is 1. The SMILES string of the molecule is O=C(C1CC1)N1CCC(C(=O)N(Cc2cccs2)c2ccc3c(c2)OCCO3)CC1. The zero-order chi connectivity index (χ0) is 20.5. The van der Waals surface area contributed by atoms with Gasteiger partial charge in [-0.05, 0) is 49.3 Å². The Bertz CT molecular complexity index is 917. The third-order valence-corrected chi connectivity index (χ3v) is 6.94. The minimum Gasteiger partial charge on any atom is -0.486 e. The number of nitrogens with zero attached hydrogens (tertiary/aromatic N) is 2. The fourth-order valence-corrected chi connectivity index (χ4v) is 4.90. The van der Waals surface area contributed by atoms with Gasteiger partial charge in [0.2, 0.25) is 11.8 Å². The average Bonchev–Trinajstić information content (AvgIpc) is 3.52. The topological polar surface area (TPSA) is 59.1 Å². The van der Waals surface area contributed by atoms with Crippen LogP contribution in [0.1, 0.15) is 30.6 Å². The summed E-state index contributed by atoms with van der Waals surface area (Å²) in [6, 6.07) is 9.79. The summed E-state index contributed by atoms with van der Waals surface area (Å²) in [6.07, 6.45) is 3.50. The van der Waals surface area contributed by atoms with Gasteiger partial charge in [-0.2, -0.15) is 0 Å². The lowest BCUT2D eigenvalue weighted by molar-refractivity contribution is -0.136. The molecule has 2 fully saturated rings. The predicted octanol–water partition coefficient (Wildman–Crippen LogP) is 3.70. The van der Waals surface area contributed by atoms with E-state index in [-0.39, 0.29) is 23.7 Å². The number of piperidine rings is 1. The number of thiophene rings is 1. The van der Waals surface area contributed by atoms with Gasteiger partial charge >= 0.3 is 0 Å². The van der Waals surface area contributed by atoms with E-state index in [9.17, 15) is 9.59 Å². The molecule has 6 nitrogen and oxygen atoms in total. The third kappa shape index (κ3) is 4.03. The van der Waals surface area contributed by atoms with Crippen LogP contribution in [0.15, 0.2) is 35.7 Å². The zero-order valence-electron chi connectivity index (χ0n) is 16.9. The summed E-state index contributed by atoms with van der Waals surface area (Å²) >= 11 is 1.65. The van der Waals surface area contributed by atoms with Crippen LogP contribution in [0.3, 0.4) is 0 Å². The lowest BCUT2D eigenvalue weighted by Gasteiger charge is -2.34. The van der Waals surface area contributed by atoms with Crippen molar-refractivity contribution in [2.45, 2.75) is 32.2 Å². The Kier molecular flexibility index (Phi) is 5.37. The largest absolute Gasteiger partial charge is 0.486 e. The summed E-state index contributed by atoms with van der Waals surface area (Å²) in [6.45, 7) is 2.96. The number of fused-ring (bicyclic) bond motifs is 1. The van der Waals surface area contributed by atoms with Crippen molar-refractivity contribution >= 4 is 28.8 Å². The molecule has 5 rings (SSSR count). The molecule has 3 heterocycles. The molecule has 30 heavy (non-hydrogen) atoms. The Morgan fingerprint density at radius 2 is 1.77 bits per heavy atom. The van der Waals surface area contributed by atoms with Gasteiger partial charge in [-0.3, -0.25) is 9.59 Å². The van der Waals surface area contributed by atoms with Crippen LogP contribution in [-0.4, -0.2) is 43.0 Å². The van der Waals surface area contributed by atoms with E-state index in [2.05, 4.69) is 6.07 Å². The highest BCUT2D eigenvalue weighted by atomic mass is 32.1. The van der Waals surface area contributed by atoms with Gasteiger partial charge in [-0.15, -0.1) is 11.3 Å². The van der Waals surface area contributed by atoms with Crippen molar-refractivity contribution < 1.29 is 19.1 Å². The maximum absolute atomic E-state index is 13.6. The van der Waals surface area contributed by atoms with Crippen LogP contribution in [0.25, 0.3) is 0 Å². The summed E-state index contributed by atoms with van der Waals surface area (Å²) in [5.74, 6) is 1.99. The number of carbonyl (C=O) groups is 2. The Morgan fingerprint density at radius 1 is 1.00 bits per heavy atom. The lowest BCUT2D eigenvalue weighted by atomic mass is 9.94. The van der Waals surface area contributed by atoms with E-state index in [0.717, 1.165) is 42.0 Å². The number of likely N-dealkylation sites (tertiary alicyclic amines) is 1. The van der Waals surface area contributed by atoms with Crippen LogP contribution in [0.2, 0.25) is 0 Å². The fraction of sp³-hybridized carbons (Fsp3) is 0.478. The Balaban J connectivity index is 1.34. The second kappa shape index (κ2) is 8.30. The van der Waals surface area contributed by atoms with Gasteiger partial charge in [0.15, 0.2) is 11.5 Å². The standard InChI is InChI=1S/C23H26N2O4S/c26-22(16-3-4-16)24-9-7-17(8-10-24)23(27)25(15-19-2-1-13-30-19)18-5-6-20-21(14-18)29-12-11-28-20/h1-2,5-6,13-14,16-17H,3-4,7-12,15H2. The smallest absolute Gasteiger partial charge is 0.230 e. The normalized spacial score (nSPS) is 18.9. The number of carbonyl (C=O) groups excluding carboxylic acids is 2. The molecule has 0 bridgehead atoms. The van der Waals surface area contributed by atoms with Gasteiger partial charge in [-0.1, -0.05) is 6.07 Å². The highest BCUT2D eigenvalue weighted by Crippen LogP contribution is 2.36. The second-order valence-electron chi connectivity index (χ2n) is 8.21. The van der Waals surface area contributed by atoms with E-state index in [1.807, 2.05) is 39.4 Å². The Labute approximate surface area is 180 Å². The van der Waals surface area contributed by atoms with Crippen LogP contribution in [-0.2, 0) is 16.1 Å². The first-order chi connectivity index (χ1) is 14.7. The molecule has 0 atom stereocenters. The van der Waals surface area contributed by atoms with Crippen molar-refractivity contribution in [3.05, 3.63) is 40.6 Å². The summed E-state index contributed by atoms with van der Waals surface area (Å²) in [5, 5.41) is 2.03. The van der Waals surface area contributed by atoms with Crippen molar-refractivity contribution in [1.82, 2.24) is 4.90 Å². The van der Waals surface area contributed by atoms with Crippen LogP contribution < -0.4 is 14.4 Å². The van der Waals surface area contributed by atoms with Crippen molar-refractivity contribution in [2.75, 3.05) is 31.2 Å². The first kappa shape index (κ1) is 19.4. The molecule has 0 spiro atoms. The molecule has 1 saturated carbocycles. The van der Waals surface area contributed by atoms with Crippen LogP contribution in [0, 0.1) is 11.8 Å². The van der Waals surface area contributed by atoms with Crippen molar-refractivity contribution in [2.24, 2.45) is 11.8 Å². The molecular formula is C23H26N2O4S. The number of ether oxygens (including phenoxy) is 2. The molecule has 0 unspecified atom stereocenters. The minimum atomic E-state index is -0.0681. The molecule has 3 aliphatic rings. The molecule has 1 saturated heterocycles. The van der Waals surface area contributed by atoms with E-state index in [1.165, 1.54) is 0 Å². The number of hydrogen-bond acceptors (Lipinski definition) is 5. The van der Waals surface area contributed by atoms with Gasteiger partial charge in [0.1, 0.15) is 13.2 Å². The summed E-state index contributed by atoms with van der Waals surface area (Å²) in [5.41, 5.74) is 0.828. The third-order valence-electron chi connectivity index (χ3n) is 6.08. The first-order valence-corrected chi connectivity index (χ1v) is 11.6. The van der Waals surface area contributed by atoms with E-state index >= 15 is 0 Å². The van der Waals surface area contributed by atoms with E-state index in [4.69, 9.17) is 9.47 Å². The average molecular weight is 427 g/mol. The quantitative estimate of drug-likeness (QED) is 0.732. The predicted molar refractivity (Wildman–Crippen MR) is 115 cm³/mol. The van der Waals surface area contributed by atoms with Gasteiger partial charge in [0, 0.05) is 41.6 Å². The van der Waals surface area contributed by atoms with Gasteiger partial charge < -0.3 is 19.3 Å². The van der Waals surface area contributed by atoms with Crippen LogP contribution >= 0.6 is 11.3 Å². The fourth-order valence-electron chi connectivity index (χ4n) is 4.21. The zero-order valence-corrected chi connectivity index (χ0v) is 17.7. The molecular weight excluding hydrogens is 400 g/mol. The molecule has 7 heteroatoms. The number of benzene rings is 1. The summed E-state index contributed by atoms with van der Waals surface area (Å²) < 4.78 is 11.4. The molecule has 0 N–H and O–H groups in total. The molecule has 0 radical (unpaired) electrons. The molecule has 1 aliphatic carbocycles. The highest BCUT2D eigenvalue weighted by molar-refractivity contribution is 7.09. The Hall–Kier alpha value is -2.54. The number of amides is 2. The summed E-state index contributed by atoms with van der Waals surface area (Å²) in [7, 11) is 0. The van der Waals surface area contributed by atoms with E-state index in [1.54, 1.807) is 11.3 Å². The second-order valence-corrected chi connectivity index (χ2v) is 9.24. The van der Waals surface area contributed by atoms with Crippen LogP contribution in [0.4, 0.5) is 5.69 Å². The van der Waals surface area contributed by atoms with E-state index < -0.39 is 0 Å². The number of rotatable bonds is 5. The maximum Gasteiger partial charge on any atom is 0.230 e. The summed E-state index contributed by atoms with van der Waals surface area (Å²) in [4.78, 5) is 30.9. The molecule has 1 aromatic carbocycles. The molecule has 1 aromatic heterocycles. The monoisotopic (exact) mass is 426 g/mol. The van der Waals surface area contributed by atoms with Crippen molar-refractivity contribution in [1.29, 1.82) is 0 Å². The van der Waals surface area contributed by atoms with Gasteiger partial charge in [0.25, 0.3) is 0 Å².